The predicted molar refractivity (Wildman–Crippen MR) is 62.9 cm³/mol. The van der Waals surface area contributed by atoms with Gasteiger partial charge in [-0.25, -0.2) is 9.37 Å². The summed E-state index contributed by atoms with van der Waals surface area (Å²) < 4.78 is 51.6. The monoisotopic (exact) mass is 290 g/mol. The number of nitrogens with zero attached hydrogens (tertiary/aromatic N) is 2. The Morgan fingerprint density at radius 2 is 2.00 bits per heavy atom. The van der Waals surface area contributed by atoms with E-state index in [0.29, 0.717) is 0 Å². The summed E-state index contributed by atoms with van der Waals surface area (Å²) >= 11 is 0. The lowest BCUT2D eigenvalue weighted by molar-refractivity contribution is -0.137. The van der Waals surface area contributed by atoms with Crippen molar-refractivity contribution in [2.24, 2.45) is 0 Å². The van der Waals surface area contributed by atoms with Gasteiger partial charge in [-0.15, -0.1) is 0 Å². The molecule has 0 aliphatic carbocycles. The molecule has 0 atom stereocenters. The first kappa shape index (κ1) is 14.4. The van der Waals surface area contributed by atoms with E-state index in [0.717, 1.165) is 22.8 Å². The van der Waals surface area contributed by atoms with Crippen molar-refractivity contribution in [3.8, 4) is 0 Å². The Kier molecular flexibility index (Phi) is 3.76. The molecule has 2 aromatic rings. The Morgan fingerprint density at radius 1 is 1.30 bits per heavy atom. The van der Waals surface area contributed by atoms with Crippen molar-refractivity contribution in [3.63, 3.8) is 0 Å². The molecule has 0 unspecified atom stereocenters. The quantitative estimate of drug-likeness (QED) is 0.878. The molecule has 20 heavy (non-hydrogen) atoms. The molecule has 8 heteroatoms. The van der Waals surface area contributed by atoms with Crippen LogP contribution in [-0.2, 0) is 19.4 Å². The highest BCUT2D eigenvalue weighted by Crippen LogP contribution is 2.30. The van der Waals surface area contributed by atoms with Crippen molar-refractivity contribution < 1.29 is 22.7 Å². The number of fused-ring (bicyclic) bond motifs is 1. The number of aliphatic hydroxyl groups is 1. The van der Waals surface area contributed by atoms with Crippen LogP contribution in [0.5, 0.6) is 0 Å². The van der Waals surface area contributed by atoms with Gasteiger partial charge in [0, 0.05) is 6.54 Å². The number of aliphatic hydroxyl groups excluding tert-OH is 1. The minimum absolute atomic E-state index is 0.120. The minimum Gasteiger partial charge on any atom is -0.395 e. The fourth-order valence-corrected chi connectivity index (χ4v) is 1.89. The Hall–Kier alpha value is -1.96. The largest absolute Gasteiger partial charge is 0.416 e. The van der Waals surface area contributed by atoms with Gasteiger partial charge in [0.1, 0.15) is 12.4 Å². The number of halogens is 4. The Morgan fingerprint density at radius 3 is 2.55 bits per heavy atom. The molecule has 1 aromatic heterocycles. The molecule has 4 nitrogen and oxygen atoms in total. The van der Waals surface area contributed by atoms with Gasteiger partial charge in [-0.2, -0.15) is 13.2 Å². The molecule has 0 spiro atoms. The van der Waals surface area contributed by atoms with Crippen LogP contribution in [0.1, 0.15) is 11.3 Å². The van der Waals surface area contributed by atoms with Gasteiger partial charge in [0.2, 0.25) is 0 Å². The van der Waals surface area contributed by atoms with Crippen LogP contribution < -0.4 is 5.56 Å². The highest BCUT2D eigenvalue weighted by Gasteiger charge is 2.31. The molecule has 1 N–H and O–H groups in total. The molecule has 0 fully saturated rings. The first-order valence-corrected chi connectivity index (χ1v) is 5.66. The van der Waals surface area contributed by atoms with Gasteiger partial charge in [0.25, 0.3) is 5.56 Å². The fourth-order valence-electron chi connectivity index (χ4n) is 1.89. The van der Waals surface area contributed by atoms with Crippen LogP contribution in [0.2, 0.25) is 0 Å². The number of aromatic nitrogens is 2. The molecular weight excluding hydrogens is 280 g/mol. The van der Waals surface area contributed by atoms with Crippen LogP contribution in [0.3, 0.4) is 0 Å². The molecule has 2 rings (SSSR count). The van der Waals surface area contributed by atoms with E-state index in [4.69, 9.17) is 5.11 Å². The van der Waals surface area contributed by atoms with Gasteiger partial charge in [0.05, 0.1) is 23.2 Å². The van der Waals surface area contributed by atoms with Crippen molar-refractivity contribution in [1.29, 1.82) is 0 Å². The van der Waals surface area contributed by atoms with E-state index in [2.05, 4.69) is 4.98 Å². The summed E-state index contributed by atoms with van der Waals surface area (Å²) in [5.41, 5.74) is -2.19. The first-order valence-electron chi connectivity index (χ1n) is 5.66. The maximum atomic E-state index is 12.7. The number of alkyl halides is 4. The summed E-state index contributed by atoms with van der Waals surface area (Å²) in [6.07, 6.45) is -4.55. The molecule has 108 valence electrons. The molecule has 0 radical (unpaired) electrons. The van der Waals surface area contributed by atoms with E-state index in [9.17, 15) is 22.4 Å². The maximum absolute atomic E-state index is 12.7. The van der Waals surface area contributed by atoms with Crippen molar-refractivity contribution >= 4 is 11.0 Å². The zero-order chi connectivity index (χ0) is 14.9. The molecule has 0 saturated carbocycles. The Balaban J connectivity index is 2.76. The number of benzene rings is 1. The van der Waals surface area contributed by atoms with Crippen LogP contribution in [0.4, 0.5) is 17.6 Å². The van der Waals surface area contributed by atoms with Gasteiger partial charge in [-0.3, -0.25) is 4.79 Å². The molecular formula is C12H10F4N2O2. The minimum atomic E-state index is -4.55. The summed E-state index contributed by atoms with van der Waals surface area (Å²) in [7, 11) is 0. The number of hydrogen-bond donors (Lipinski definition) is 1. The van der Waals surface area contributed by atoms with Gasteiger partial charge in [-0.1, -0.05) is 0 Å². The van der Waals surface area contributed by atoms with E-state index < -0.39 is 36.3 Å². The fraction of sp³-hybridized carbons (Fsp3) is 0.333. The van der Waals surface area contributed by atoms with Gasteiger partial charge < -0.3 is 9.67 Å². The predicted octanol–water partition coefficient (Wildman–Crippen LogP) is 1.88. The first-order chi connectivity index (χ1) is 9.38. The summed E-state index contributed by atoms with van der Waals surface area (Å²) in [6, 6.07) is 2.65. The lowest BCUT2D eigenvalue weighted by atomic mass is 10.1. The standard InChI is InChI=1S/C12H10F4N2O2/c13-6-9-11(20)18(3-4-19)10-2-1-7(12(14,15)16)5-8(10)17-9/h1-2,5,19H,3-4,6H2. The Labute approximate surface area is 110 Å². The summed E-state index contributed by atoms with van der Waals surface area (Å²) in [5.74, 6) is 0. The molecule has 0 saturated heterocycles. The summed E-state index contributed by atoms with van der Waals surface area (Å²) in [5, 5.41) is 8.90. The van der Waals surface area contributed by atoms with Crippen LogP contribution in [0.15, 0.2) is 23.0 Å². The molecule has 0 aliphatic heterocycles. The van der Waals surface area contributed by atoms with Crippen LogP contribution >= 0.6 is 0 Å². The second-order valence-electron chi connectivity index (χ2n) is 4.07. The molecule has 0 aliphatic rings. The van der Waals surface area contributed by atoms with Crippen molar-refractivity contribution in [1.82, 2.24) is 9.55 Å². The third-order valence-corrected chi connectivity index (χ3v) is 2.79. The van der Waals surface area contributed by atoms with Crippen molar-refractivity contribution in [2.45, 2.75) is 19.4 Å². The number of hydrogen-bond acceptors (Lipinski definition) is 3. The van der Waals surface area contributed by atoms with E-state index in [1.807, 2.05) is 0 Å². The maximum Gasteiger partial charge on any atom is 0.416 e. The van der Waals surface area contributed by atoms with E-state index in [-0.39, 0.29) is 17.6 Å². The lowest BCUT2D eigenvalue weighted by Crippen LogP contribution is -2.26. The topological polar surface area (TPSA) is 55.1 Å². The zero-order valence-electron chi connectivity index (χ0n) is 10.1. The third-order valence-electron chi connectivity index (χ3n) is 2.79. The Bertz CT molecular complexity index is 694. The van der Waals surface area contributed by atoms with Crippen LogP contribution in [0.25, 0.3) is 11.0 Å². The van der Waals surface area contributed by atoms with Crippen molar-refractivity contribution in [2.75, 3.05) is 6.61 Å². The zero-order valence-corrected chi connectivity index (χ0v) is 10.1. The average Bonchev–Trinajstić information content (AvgIpc) is 2.40. The SMILES string of the molecule is O=c1c(CF)nc2cc(C(F)(F)F)ccc2n1CCO. The number of rotatable bonds is 3. The molecule has 0 amide bonds. The van der Waals surface area contributed by atoms with Crippen LogP contribution in [0, 0.1) is 0 Å². The van der Waals surface area contributed by atoms with Gasteiger partial charge in [0.15, 0.2) is 0 Å². The molecule has 1 aromatic carbocycles. The molecule has 0 bridgehead atoms. The smallest absolute Gasteiger partial charge is 0.395 e. The lowest BCUT2D eigenvalue weighted by Gasteiger charge is -2.12. The third kappa shape index (κ3) is 2.51. The van der Waals surface area contributed by atoms with Crippen molar-refractivity contribution in [3.05, 3.63) is 39.8 Å². The second-order valence-corrected chi connectivity index (χ2v) is 4.07. The van der Waals surface area contributed by atoms with Crippen LogP contribution in [-0.4, -0.2) is 21.3 Å². The van der Waals surface area contributed by atoms with Gasteiger partial charge >= 0.3 is 6.18 Å². The van der Waals surface area contributed by atoms with E-state index >= 15 is 0 Å². The average molecular weight is 290 g/mol. The summed E-state index contributed by atoms with van der Waals surface area (Å²) in [6.45, 7) is -1.72. The normalized spacial score (nSPS) is 12.1. The highest BCUT2D eigenvalue weighted by atomic mass is 19.4. The highest BCUT2D eigenvalue weighted by molar-refractivity contribution is 5.76. The summed E-state index contributed by atoms with van der Waals surface area (Å²) in [4.78, 5) is 15.4. The van der Waals surface area contributed by atoms with Gasteiger partial charge in [-0.05, 0) is 18.2 Å². The second kappa shape index (κ2) is 5.20. The van der Waals surface area contributed by atoms with E-state index in [1.54, 1.807) is 0 Å². The van der Waals surface area contributed by atoms with E-state index in [1.165, 1.54) is 0 Å². The molecule has 1 heterocycles.